The van der Waals surface area contributed by atoms with E-state index >= 15 is 0 Å². The second-order valence-electron chi connectivity index (χ2n) is 7.45. The standard InChI is InChI=1S/C21H32ClOP.Pd/c1-2-23-18-10-9-15-21(16-18)24(17-22,19-11-5-3-6-12-19)20-13-7-4-8-14-20;/h9-10,15-17,19-20H,2-8,11-14H2,1H3;. The first-order valence-corrected chi connectivity index (χ1v) is 12.3. The van der Waals surface area contributed by atoms with Gasteiger partial charge < -0.3 is 16.3 Å². The zero-order valence-corrected chi connectivity index (χ0v) is 18.6. The van der Waals surface area contributed by atoms with Crippen LogP contribution in [-0.4, -0.2) is 17.9 Å². The number of halogens is 1. The SMILES string of the molecule is CCOc1cccc([P+]([CH-]Cl)(C2CCCCC2)C2CCCCC2)c1.[Pd]. The predicted molar refractivity (Wildman–Crippen MR) is 108 cm³/mol. The van der Waals surface area contributed by atoms with Gasteiger partial charge in [-0.1, -0.05) is 31.8 Å². The predicted octanol–water partition coefficient (Wildman–Crippen LogP) is 6.75. The van der Waals surface area contributed by atoms with Gasteiger partial charge in [-0.25, -0.2) is 0 Å². The molecule has 2 aliphatic carbocycles. The van der Waals surface area contributed by atoms with E-state index in [9.17, 15) is 0 Å². The van der Waals surface area contributed by atoms with Crippen LogP contribution in [0.2, 0.25) is 0 Å². The second kappa shape index (κ2) is 10.7. The number of benzene rings is 1. The van der Waals surface area contributed by atoms with Crippen molar-refractivity contribution in [1.29, 1.82) is 0 Å². The van der Waals surface area contributed by atoms with Crippen molar-refractivity contribution in [2.24, 2.45) is 0 Å². The Bertz CT molecular complexity index is 494. The number of rotatable bonds is 6. The van der Waals surface area contributed by atoms with Gasteiger partial charge in [0.25, 0.3) is 0 Å². The van der Waals surface area contributed by atoms with Gasteiger partial charge in [-0.15, -0.1) is 0 Å². The zero-order chi connectivity index (χ0) is 16.8. The summed E-state index contributed by atoms with van der Waals surface area (Å²) < 4.78 is 5.82. The molecule has 1 aromatic carbocycles. The molecule has 1 nitrogen and oxygen atoms in total. The minimum atomic E-state index is -1.47. The first-order valence-electron chi connectivity index (χ1n) is 9.87. The maximum Gasteiger partial charge on any atom is 0.123 e. The number of hydrogen-bond acceptors (Lipinski definition) is 1. The number of hydrogen-bond donors (Lipinski definition) is 0. The molecule has 0 saturated heterocycles. The van der Waals surface area contributed by atoms with Crippen LogP contribution in [0.3, 0.4) is 0 Å². The third-order valence-corrected chi connectivity index (χ3v) is 12.0. The zero-order valence-electron chi connectivity index (χ0n) is 15.4. The van der Waals surface area contributed by atoms with Gasteiger partial charge in [0.1, 0.15) is 5.75 Å². The molecule has 0 atom stereocenters. The molecule has 25 heavy (non-hydrogen) atoms. The Morgan fingerprint density at radius 1 is 1.00 bits per heavy atom. The smallest absolute Gasteiger partial charge is 0.123 e. The first-order chi connectivity index (χ1) is 11.8. The molecule has 1 aromatic rings. The van der Waals surface area contributed by atoms with Crippen molar-refractivity contribution in [1.82, 2.24) is 0 Å². The molecule has 0 aliphatic heterocycles. The number of ether oxygens (including phenoxy) is 1. The van der Waals surface area contributed by atoms with Crippen molar-refractivity contribution in [2.75, 3.05) is 6.61 Å². The summed E-state index contributed by atoms with van der Waals surface area (Å²) in [4.78, 5) is 0. The average molecular weight is 473 g/mol. The third kappa shape index (κ3) is 4.82. The van der Waals surface area contributed by atoms with Gasteiger partial charge in [-0.2, -0.15) is 0 Å². The van der Waals surface area contributed by atoms with Gasteiger partial charge in [0.05, 0.1) is 11.9 Å². The summed E-state index contributed by atoms with van der Waals surface area (Å²) in [5, 5.41) is 1.50. The maximum absolute atomic E-state index is 6.74. The van der Waals surface area contributed by atoms with Crippen LogP contribution in [-0.2, 0) is 20.4 Å². The molecule has 0 N–H and O–H groups in total. The summed E-state index contributed by atoms with van der Waals surface area (Å²) in [6.45, 7) is 2.79. The van der Waals surface area contributed by atoms with Crippen molar-refractivity contribution in [3.05, 3.63) is 29.9 Å². The summed E-state index contributed by atoms with van der Waals surface area (Å²) >= 11 is 6.74. The fraction of sp³-hybridized carbons (Fsp3) is 0.667. The van der Waals surface area contributed by atoms with Gasteiger partial charge >= 0.3 is 0 Å². The summed E-state index contributed by atoms with van der Waals surface area (Å²) in [5.41, 5.74) is 3.76. The molecular formula is C21H32ClOPPd. The monoisotopic (exact) mass is 472 g/mol. The normalized spacial score (nSPS) is 20.1. The largest absolute Gasteiger partial charge is 0.494 e. The summed E-state index contributed by atoms with van der Waals surface area (Å²) in [5.74, 6) is 1.02. The van der Waals surface area contributed by atoms with E-state index in [0.29, 0.717) is 0 Å². The van der Waals surface area contributed by atoms with E-state index in [1.165, 1.54) is 69.5 Å². The van der Waals surface area contributed by atoms with Crippen LogP contribution < -0.4 is 10.0 Å². The van der Waals surface area contributed by atoms with Crippen LogP contribution in [0.5, 0.6) is 5.75 Å². The summed E-state index contributed by atoms with van der Waals surface area (Å²) in [6, 6.07) is 8.94. The average Bonchev–Trinajstić information content (AvgIpc) is 2.65. The molecule has 144 valence electrons. The van der Waals surface area contributed by atoms with Gasteiger partial charge in [-0.05, 0) is 70.4 Å². The minimum absolute atomic E-state index is 0. The van der Waals surface area contributed by atoms with E-state index in [2.05, 4.69) is 36.8 Å². The molecular weight excluding hydrogens is 441 g/mol. The molecule has 0 unspecified atom stereocenters. The molecule has 0 heterocycles. The van der Waals surface area contributed by atoms with Crippen LogP contribution in [0.1, 0.15) is 71.1 Å². The van der Waals surface area contributed by atoms with Gasteiger partial charge in [0.15, 0.2) is 0 Å². The molecule has 4 heteroatoms. The molecule has 0 aromatic heterocycles. The maximum atomic E-state index is 6.74. The van der Waals surface area contributed by atoms with Crippen LogP contribution in [0.25, 0.3) is 0 Å². The van der Waals surface area contributed by atoms with E-state index in [0.717, 1.165) is 23.7 Å². The Hall–Kier alpha value is 0.402. The van der Waals surface area contributed by atoms with Crippen LogP contribution >= 0.6 is 18.9 Å². The van der Waals surface area contributed by atoms with Crippen LogP contribution in [0.15, 0.2) is 24.3 Å². The fourth-order valence-electron chi connectivity index (χ4n) is 4.93. The van der Waals surface area contributed by atoms with Gasteiger partial charge in [-0.3, -0.25) is 0 Å². The Labute approximate surface area is 173 Å². The van der Waals surface area contributed by atoms with Crippen molar-refractivity contribution >= 4 is 24.2 Å². The molecule has 0 bridgehead atoms. The topological polar surface area (TPSA) is 9.23 Å². The molecule has 2 saturated carbocycles. The van der Waals surface area contributed by atoms with Crippen LogP contribution in [0.4, 0.5) is 0 Å². The van der Waals surface area contributed by atoms with Gasteiger partial charge in [0, 0.05) is 37.8 Å². The van der Waals surface area contributed by atoms with Crippen molar-refractivity contribution in [3.63, 3.8) is 0 Å². The Kier molecular flexibility index (Phi) is 9.26. The van der Waals surface area contributed by atoms with E-state index in [4.69, 9.17) is 16.3 Å². The van der Waals surface area contributed by atoms with Crippen molar-refractivity contribution < 1.29 is 25.2 Å². The first kappa shape index (κ1) is 21.7. The second-order valence-corrected chi connectivity index (χ2v) is 11.9. The van der Waals surface area contributed by atoms with Crippen molar-refractivity contribution in [3.8, 4) is 5.75 Å². The van der Waals surface area contributed by atoms with E-state index in [1.807, 2.05) is 0 Å². The molecule has 2 fully saturated rings. The Morgan fingerprint density at radius 2 is 1.56 bits per heavy atom. The molecule has 0 spiro atoms. The van der Waals surface area contributed by atoms with Gasteiger partial charge in [0.2, 0.25) is 0 Å². The summed E-state index contributed by atoms with van der Waals surface area (Å²) in [6.07, 6.45) is 13.8. The van der Waals surface area contributed by atoms with Crippen molar-refractivity contribution in [2.45, 2.75) is 82.4 Å². The Balaban J connectivity index is 0.00000225. The third-order valence-electron chi connectivity index (χ3n) is 6.10. The van der Waals surface area contributed by atoms with E-state index < -0.39 is 7.26 Å². The molecule has 2 aliphatic rings. The molecule has 0 amide bonds. The Morgan fingerprint density at radius 3 is 2.04 bits per heavy atom. The molecule has 3 rings (SSSR count). The fourth-order valence-corrected chi connectivity index (χ4v) is 11.2. The minimum Gasteiger partial charge on any atom is -0.494 e. The van der Waals surface area contributed by atoms with E-state index in [-0.39, 0.29) is 20.4 Å². The summed E-state index contributed by atoms with van der Waals surface area (Å²) in [7, 11) is -1.47. The van der Waals surface area contributed by atoms with Crippen LogP contribution in [0, 0.1) is 5.62 Å². The van der Waals surface area contributed by atoms with E-state index in [1.54, 1.807) is 0 Å². The quantitative estimate of drug-likeness (QED) is 0.252. The molecule has 0 radical (unpaired) electrons.